The van der Waals surface area contributed by atoms with Gasteiger partial charge in [-0.1, -0.05) is 12.2 Å². The molecule has 0 aromatic carbocycles. The minimum atomic E-state index is -0.189. The lowest BCUT2D eigenvalue weighted by Crippen LogP contribution is -2.07. The Labute approximate surface area is 123 Å². The van der Waals surface area contributed by atoms with Crippen molar-refractivity contribution in [1.29, 1.82) is 0 Å². The van der Waals surface area contributed by atoms with Gasteiger partial charge in [0.15, 0.2) is 6.10 Å². The fourth-order valence-electron chi connectivity index (χ4n) is 2.24. The Bertz CT molecular complexity index is 527. The molecule has 2 heterocycles. The maximum atomic E-state index is 5.76. The van der Waals surface area contributed by atoms with E-state index in [1.807, 2.05) is 24.3 Å². The second-order valence-corrected chi connectivity index (χ2v) is 5.45. The topological polar surface area (TPSA) is 52.8 Å². The maximum Gasteiger partial charge on any atom is 0.230 e. The van der Waals surface area contributed by atoms with E-state index in [1.165, 1.54) is 0 Å². The van der Waals surface area contributed by atoms with Crippen molar-refractivity contribution in [3.8, 4) is 0 Å². The molecular formula is C16H18O5. The van der Waals surface area contributed by atoms with Gasteiger partial charge in [-0.3, -0.25) is 0 Å². The highest BCUT2D eigenvalue weighted by Gasteiger charge is 2.43. The molecule has 0 aromatic heterocycles. The van der Waals surface area contributed by atoms with Crippen molar-refractivity contribution in [3.63, 3.8) is 0 Å². The van der Waals surface area contributed by atoms with Gasteiger partial charge >= 0.3 is 0 Å². The summed E-state index contributed by atoms with van der Waals surface area (Å²) in [6.45, 7) is 1.99. The number of rotatable bonds is 8. The van der Waals surface area contributed by atoms with Crippen LogP contribution in [0.3, 0.4) is 0 Å². The Morgan fingerprint density at radius 3 is 2.71 bits per heavy atom. The normalized spacial score (nSPS) is 32.4. The molecule has 21 heavy (non-hydrogen) atoms. The first kappa shape index (κ1) is 13.0. The molecule has 3 unspecified atom stereocenters. The van der Waals surface area contributed by atoms with Gasteiger partial charge in [0.1, 0.15) is 30.8 Å². The van der Waals surface area contributed by atoms with Gasteiger partial charge in [0.2, 0.25) is 6.29 Å². The average molecular weight is 290 g/mol. The van der Waals surface area contributed by atoms with Crippen LogP contribution in [0.15, 0.2) is 47.7 Å². The van der Waals surface area contributed by atoms with Gasteiger partial charge in [-0.15, -0.1) is 0 Å². The third-order valence-electron chi connectivity index (χ3n) is 3.63. The quantitative estimate of drug-likeness (QED) is 0.641. The van der Waals surface area contributed by atoms with Crippen molar-refractivity contribution in [2.45, 2.75) is 31.3 Å². The summed E-state index contributed by atoms with van der Waals surface area (Å²) >= 11 is 0. The fraction of sp³-hybridized carbons (Fsp3) is 0.500. The first-order valence-corrected chi connectivity index (χ1v) is 7.31. The summed E-state index contributed by atoms with van der Waals surface area (Å²) in [5.74, 6) is 2.80. The van der Waals surface area contributed by atoms with Gasteiger partial charge < -0.3 is 23.7 Å². The van der Waals surface area contributed by atoms with Gasteiger partial charge in [0, 0.05) is 6.42 Å². The molecule has 5 heteroatoms. The smallest absolute Gasteiger partial charge is 0.230 e. The van der Waals surface area contributed by atoms with E-state index < -0.39 is 0 Å². The molecule has 0 bridgehead atoms. The van der Waals surface area contributed by atoms with Crippen molar-refractivity contribution in [1.82, 2.24) is 0 Å². The predicted octanol–water partition coefficient (Wildman–Crippen LogP) is 2.18. The molecule has 0 aromatic rings. The summed E-state index contributed by atoms with van der Waals surface area (Å²) < 4.78 is 27.6. The van der Waals surface area contributed by atoms with Crippen LogP contribution in [-0.2, 0) is 23.7 Å². The number of allylic oxidation sites excluding steroid dienone is 5. The lowest BCUT2D eigenvalue weighted by Gasteiger charge is -2.08. The van der Waals surface area contributed by atoms with Crippen LogP contribution in [0.5, 0.6) is 0 Å². The highest BCUT2D eigenvalue weighted by Crippen LogP contribution is 2.31. The molecule has 0 N–H and O–H groups in total. The highest BCUT2D eigenvalue weighted by molar-refractivity contribution is 5.24. The van der Waals surface area contributed by atoms with E-state index in [2.05, 4.69) is 6.08 Å². The van der Waals surface area contributed by atoms with E-state index >= 15 is 0 Å². The Balaban J connectivity index is 1.12. The van der Waals surface area contributed by atoms with Crippen LogP contribution in [0, 0.1) is 0 Å². The first-order chi connectivity index (χ1) is 10.4. The van der Waals surface area contributed by atoms with E-state index in [0.717, 1.165) is 30.3 Å². The van der Waals surface area contributed by atoms with Crippen LogP contribution in [0.1, 0.15) is 12.8 Å². The Kier molecular flexibility index (Phi) is 3.45. The number of epoxide rings is 2. The molecule has 5 nitrogen and oxygen atoms in total. The van der Waals surface area contributed by atoms with E-state index in [4.69, 9.17) is 23.7 Å². The zero-order chi connectivity index (χ0) is 14.1. The summed E-state index contributed by atoms with van der Waals surface area (Å²) in [6, 6.07) is 0. The Hall–Kier alpha value is -1.72. The summed E-state index contributed by atoms with van der Waals surface area (Å²) in [7, 11) is 0. The molecule has 2 aliphatic carbocycles. The minimum absolute atomic E-state index is 0.0252. The third kappa shape index (κ3) is 3.49. The Morgan fingerprint density at radius 1 is 1.05 bits per heavy atom. The van der Waals surface area contributed by atoms with Crippen LogP contribution in [-0.4, -0.2) is 38.3 Å². The summed E-state index contributed by atoms with van der Waals surface area (Å²) in [4.78, 5) is 0. The molecule has 0 saturated carbocycles. The molecule has 112 valence electrons. The van der Waals surface area contributed by atoms with Gasteiger partial charge in [0.25, 0.3) is 0 Å². The van der Waals surface area contributed by atoms with Crippen molar-refractivity contribution >= 4 is 0 Å². The number of hydrogen-bond donors (Lipinski definition) is 0. The van der Waals surface area contributed by atoms with Crippen LogP contribution in [0.4, 0.5) is 0 Å². The van der Waals surface area contributed by atoms with E-state index in [0.29, 0.717) is 19.6 Å². The number of hydrogen-bond acceptors (Lipinski definition) is 5. The fourth-order valence-corrected chi connectivity index (χ4v) is 2.24. The molecule has 0 spiro atoms. The molecule has 0 amide bonds. The summed E-state index contributed by atoms with van der Waals surface area (Å²) in [5.41, 5.74) is 0. The zero-order valence-electron chi connectivity index (χ0n) is 11.7. The summed E-state index contributed by atoms with van der Waals surface area (Å²) in [6.07, 6.45) is 11.6. The van der Waals surface area contributed by atoms with Crippen LogP contribution >= 0.6 is 0 Å². The van der Waals surface area contributed by atoms with Gasteiger partial charge in [-0.05, 0) is 18.2 Å². The van der Waals surface area contributed by atoms with Crippen LogP contribution in [0.2, 0.25) is 0 Å². The monoisotopic (exact) mass is 290 g/mol. The summed E-state index contributed by atoms with van der Waals surface area (Å²) in [5, 5.41) is 0. The molecule has 4 aliphatic rings. The van der Waals surface area contributed by atoms with Crippen molar-refractivity contribution in [2.75, 3.05) is 19.8 Å². The van der Waals surface area contributed by atoms with E-state index in [9.17, 15) is 0 Å². The molecule has 2 saturated heterocycles. The average Bonchev–Trinajstić information content (AvgIpc) is 3.34. The molecular weight excluding hydrogens is 272 g/mol. The lowest BCUT2D eigenvalue weighted by atomic mass is 10.4. The lowest BCUT2D eigenvalue weighted by molar-refractivity contribution is 0.0969. The van der Waals surface area contributed by atoms with Gasteiger partial charge in [0.05, 0.1) is 18.8 Å². The standard InChI is InChI=1S/C16H18O5/c1-2-4-11(3-1)19-10-15-16(21-15)20-13-6-5-12(7-13)17-8-14-9-18-14/h1-3,5-6,14-16H,4,7-10H2. The SMILES string of the molecule is C1=CCC(OCC2OC2OC2=CC=C(OCC3CO3)C2)=C1. The zero-order valence-corrected chi connectivity index (χ0v) is 11.7. The van der Waals surface area contributed by atoms with Crippen molar-refractivity contribution in [3.05, 3.63) is 47.7 Å². The largest absolute Gasteiger partial charge is 0.495 e. The minimum Gasteiger partial charge on any atom is -0.495 e. The molecule has 2 aliphatic heterocycles. The molecule has 0 radical (unpaired) electrons. The van der Waals surface area contributed by atoms with Gasteiger partial charge in [-0.25, -0.2) is 0 Å². The molecule has 3 atom stereocenters. The van der Waals surface area contributed by atoms with Crippen molar-refractivity contribution in [2.24, 2.45) is 0 Å². The number of ether oxygens (including phenoxy) is 5. The second kappa shape index (κ2) is 5.58. The second-order valence-electron chi connectivity index (χ2n) is 5.45. The first-order valence-electron chi connectivity index (χ1n) is 7.31. The van der Waals surface area contributed by atoms with E-state index in [1.54, 1.807) is 0 Å². The Morgan fingerprint density at radius 2 is 1.90 bits per heavy atom. The van der Waals surface area contributed by atoms with Crippen molar-refractivity contribution < 1.29 is 23.7 Å². The highest BCUT2D eigenvalue weighted by atomic mass is 16.8. The van der Waals surface area contributed by atoms with E-state index in [-0.39, 0.29) is 18.5 Å². The molecule has 2 fully saturated rings. The van der Waals surface area contributed by atoms with Crippen LogP contribution in [0.25, 0.3) is 0 Å². The molecule has 4 rings (SSSR count). The van der Waals surface area contributed by atoms with Crippen LogP contribution < -0.4 is 0 Å². The van der Waals surface area contributed by atoms with Gasteiger partial charge in [-0.2, -0.15) is 0 Å². The maximum absolute atomic E-state index is 5.76. The predicted molar refractivity (Wildman–Crippen MR) is 74.0 cm³/mol. The third-order valence-corrected chi connectivity index (χ3v) is 3.63.